The summed E-state index contributed by atoms with van der Waals surface area (Å²) in [6.07, 6.45) is 6.86. The highest BCUT2D eigenvalue weighted by molar-refractivity contribution is 5.76. The maximum Gasteiger partial charge on any atom is 0.280 e. The van der Waals surface area contributed by atoms with Gasteiger partial charge in [-0.15, -0.1) is 0 Å². The average Bonchev–Trinajstić information content (AvgIpc) is 3.16. The van der Waals surface area contributed by atoms with E-state index in [4.69, 9.17) is 0 Å². The summed E-state index contributed by atoms with van der Waals surface area (Å²) in [6.45, 7) is 1.33. The van der Waals surface area contributed by atoms with Gasteiger partial charge in [-0.1, -0.05) is 19.3 Å². The number of alkyl halides is 2. The molecule has 2 aromatic heterocycles. The number of rotatable bonds is 4. The number of halogens is 2. The predicted molar refractivity (Wildman–Crippen MR) is 95.5 cm³/mol. The van der Waals surface area contributed by atoms with Crippen LogP contribution in [0.1, 0.15) is 75.1 Å². The van der Waals surface area contributed by atoms with Gasteiger partial charge in [-0.05, 0) is 37.7 Å². The number of amides is 1. The molecule has 0 atom stereocenters. The highest BCUT2D eigenvalue weighted by Crippen LogP contribution is 2.31. The number of carbonyl (C=O) groups is 1. The van der Waals surface area contributed by atoms with Gasteiger partial charge in [0.1, 0.15) is 12.0 Å². The minimum Gasteiger partial charge on any atom is -0.343 e. The fourth-order valence-electron chi connectivity index (χ4n) is 4.41. The van der Waals surface area contributed by atoms with E-state index in [1.54, 1.807) is 0 Å². The zero-order chi connectivity index (χ0) is 18.8. The van der Waals surface area contributed by atoms with Crippen molar-refractivity contribution in [2.45, 2.75) is 63.7 Å². The number of nitrogens with zero attached hydrogens (tertiary/aromatic N) is 5. The van der Waals surface area contributed by atoms with Gasteiger partial charge in [-0.3, -0.25) is 4.79 Å². The van der Waals surface area contributed by atoms with E-state index < -0.39 is 6.43 Å². The summed E-state index contributed by atoms with van der Waals surface area (Å²) in [5.41, 5.74) is 0.452. The summed E-state index contributed by atoms with van der Waals surface area (Å²) in [5, 5.41) is 3.83. The lowest BCUT2D eigenvalue weighted by atomic mass is 9.86. The van der Waals surface area contributed by atoms with Gasteiger partial charge in [-0.25, -0.2) is 13.8 Å². The lowest BCUT2D eigenvalue weighted by molar-refractivity contribution is -0.133. The zero-order valence-corrected chi connectivity index (χ0v) is 15.4. The van der Waals surface area contributed by atoms with Crippen LogP contribution in [0, 0.1) is 5.92 Å². The molecule has 1 saturated heterocycles. The molecule has 0 radical (unpaired) electrons. The predicted octanol–water partition coefficient (Wildman–Crippen LogP) is 3.74. The lowest BCUT2D eigenvalue weighted by Crippen LogP contribution is -2.39. The van der Waals surface area contributed by atoms with Crippen LogP contribution in [0.15, 0.2) is 12.4 Å². The van der Waals surface area contributed by atoms with Crippen molar-refractivity contribution in [2.24, 2.45) is 5.92 Å². The quantitative estimate of drug-likeness (QED) is 0.814. The molecule has 2 aromatic rings. The second-order valence-corrected chi connectivity index (χ2v) is 7.74. The first-order chi connectivity index (χ1) is 13.1. The summed E-state index contributed by atoms with van der Waals surface area (Å²) in [6, 6.07) is 1.44. The van der Waals surface area contributed by atoms with E-state index in [1.807, 2.05) is 4.90 Å². The van der Waals surface area contributed by atoms with Crippen molar-refractivity contribution in [2.75, 3.05) is 13.1 Å². The first kappa shape index (κ1) is 18.3. The van der Waals surface area contributed by atoms with Gasteiger partial charge >= 0.3 is 0 Å². The van der Waals surface area contributed by atoms with Crippen molar-refractivity contribution < 1.29 is 13.6 Å². The van der Waals surface area contributed by atoms with Gasteiger partial charge in [0, 0.05) is 31.1 Å². The molecule has 0 bridgehead atoms. The standard InChI is InChI=1S/C19H25F2N5O/c20-18(21)16-11-15(24-19-22-12-23-26(16)19)14-6-8-25(9-7-14)17(27)10-13-4-2-1-3-5-13/h11-14,18H,1-10H2. The number of likely N-dealkylation sites (tertiary alicyclic amines) is 1. The summed E-state index contributed by atoms with van der Waals surface area (Å²) >= 11 is 0. The van der Waals surface area contributed by atoms with Crippen molar-refractivity contribution in [1.29, 1.82) is 0 Å². The Kier molecular flexibility index (Phi) is 5.31. The molecule has 27 heavy (non-hydrogen) atoms. The minimum absolute atomic E-state index is 0.0722. The van der Waals surface area contributed by atoms with Crippen molar-refractivity contribution in [3.63, 3.8) is 0 Å². The van der Waals surface area contributed by atoms with Gasteiger partial charge in [0.2, 0.25) is 5.91 Å². The van der Waals surface area contributed by atoms with Crippen molar-refractivity contribution in [1.82, 2.24) is 24.5 Å². The molecule has 1 amide bonds. The summed E-state index contributed by atoms with van der Waals surface area (Å²) in [4.78, 5) is 22.9. The Balaban J connectivity index is 1.40. The molecule has 1 aliphatic heterocycles. The number of fused-ring (bicyclic) bond motifs is 1. The van der Waals surface area contributed by atoms with Gasteiger partial charge in [0.05, 0.1) is 0 Å². The molecule has 4 rings (SSSR count). The molecular weight excluding hydrogens is 352 g/mol. The third-order valence-corrected chi connectivity index (χ3v) is 5.98. The summed E-state index contributed by atoms with van der Waals surface area (Å²) in [5.74, 6) is 1.06. The molecule has 146 valence electrons. The molecule has 8 heteroatoms. The zero-order valence-electron chi connectivity index (χ0n) is 15.4. The maximum absolute atomic E-state index is 13.3. The van der Waals surface area contributed by atoms with Gasteiger partial charge < -0.3 is 4.90 Å². The van der Waals surface area contributed by atoms with Gasteiger partial charge in [-0.2, -0.15) is 14.6 Å². The topological polar surface area (TPSA) is 63.4 Å². The smallest absolute Gasteiger partial charge is 0.280 e. The Hall–Kier alpha value is -2.12. The van der Waals surface area contributed by atoms with Crippen LogP contribution in [-0.2, 0) is 4.79 Å². The Morgan fingerprint density at radius 1 is 1.15 bits per heavy atom. The van der Waals surface area contributed by atoms with E-state index >= 15 is 0 Å². The first-order valence-electron chi connectivity index (χ1n) is 9.88. The van der Waals surface area contributed by atoms with Crippen LogP contribution in [0.2, 0.25) is 0 Å². The number of hydrogen-bond donors (Lipinski definition) is 0. The van der Waals surface area contributed by atoms with Crippen molar-refractivity contribution in [3.05, 3.63) is 23.8 Å². The number of carbonyl (C=O) groups excluding carboxylic acids is 1. The van der Waals surface area contributed by atoms with E-state index in [-0.39, 0.29) is 23.3 Å². The van der Waals surface area contributed by atoms with Crippen LogP contribution in [-0.4, -0.2) is 43.5 Å². The van der Waals surface area contributed by atoms with Crippen LogP contribution < -0.4 is 0 Å². The largest absolute Gasteiger partial charge is 0.343 e. The Bertz CT molecular complexity index is 794. The van der Waals surface area contributed by atoms with Crippen LogP contribution in [0.4, 0.5) is 8.78 Å². The molecule has 0 N–H and O–H groups in total. The first-order valence-corrected chi connectivity index (χ1v) is 9.88. The molecule has 0 unspecified atom stereocenters. The van der Waals surface area contributed by atoms with Crippen molar-refractivity contribution in [3.8, 4) is 0 Å². The average molecular weight is 377 g/mol. The Morgan fingerprint density at radius 3 is 2.59 bits per heavy atom. The second-order valence-electron chi connectivity index (χ2n) is 7.74. The second kappa shape index (κ2) is 7.86. The highest BCUT2D eigenvalue weighted by atomic mass is 19.3. The van der Waals surface area contributed by atoms with Crippen LogP contribution in [0.5, 0.6) is 0 Å². The van der Waals surface area contributed by atoms with Crippen molar-refractivity contribution >= 4 is 11.7 Å². The molecule has 1 aliphatic carbocycles. The molecule has 1 saturated carbocycles. The normalized spacial score (nSPS) is 19.9. The fourth-order valence-corrected chi connectivity index (χ4v) is 4.41. The molecule has 2 fully saturated rings. The summed E-state index contributed by atoms with van der Waals surface area (Å²) in [7, 11) is 0. The number of aromatic nitrogens is 4. The minimum atomic E-state index is -2.63. The third kappa shape index (κ3) is 3.94. The third-order valence-electron chi connectivity index (χ3n) is 5.98. The van der Waals surface area contributed by atoms with E-state index in [1.165, 1.54) is 44.5 Å². The SMILES string of the molecule is O=C(CC1CCCCC1)N1CCC(c2cc(C(F)F)n3ncnc3n2)CC1. The Labute approximate surface area is 157 Å². The molecule has 3 heterocycles. The molecule has 0 aromatic carbocycles. The monoisotopic (exact) mass is 377 g/mol. The Morgan fingerprint density at radius 2 is 1.89 bits per heavy atom. The van der Waals surface area contributed by atoms with Crippen LogP contribution in [0.3, 0.4) is 0 Å². The van der Waals surface area contributed by atoms with Gasteiger partial charge in [0.15, 0.2) is 0 Å². The molecular formula is C19H25F2N5O. The lowest BCUT2D eigenvalue weighted by Gasteiger charge is -2.33. The maximum atomic E-state index is 13.3. The molecule has 2 aliphatic rings. The fraction of sp³-hybridized carbons (Fsp3) is 0.684. The van der Waals surface area contributed by atoms with E-state index in [2.05, 4.69) is 15.1 Å². The molecule has 0 spiro atoms. The van der Waals surface area contributed by atoms with Crippen LogP contribution >= 0.6 is 0 Å². The summed E-state index contributed by atoms with van der Waals surface area (Å²) < 4.78 is 27.8. The van der Waals surface area contributed by atoms with E-state index in [9.17, 15) is 13.6 Å². The number of piperidine rings is 1. The highest BCUT2D eigenvalue weighted by Gasteiger charge is 2.28. The van der Waals surface area contributed by atoms with Crippen LogP contribution in [0.25, 0.3) is 5.78 Å². The molecule has 6 nitrogen and oxygen atoms in total. The number of hydrogen-bond acceptors (Lipinski definition) is 4. The van der Waals surface area contributed by atoms with E-state index in [0.717, 1.165) is 17.4 Å². The van der Waals surface area contributed by atoms with E-state index in [0.29, 0.717) is 31.1 Å². The van der Waals surface area contributed by atoms with Gasteiger partial charge in [0.25, 0.3) is 12.2 Å².